The van der Waals surface area contributed by atoms with E-state index < -0.39 is 11.9 Å². The molecule has 1 aliphatic rings. The summed E-state index contributed by atoms with van der Waals surface area (Å²) in [4.78, 5) is 29.9. The first-order chi connectivity index (χ1) is 8.52. The molecule has 0 aromatic carbocycles. The third-order valence-electron chi connectivity index (χ3n) is 2.35. The van der Waals surface area contributed by atoms with Gasteiger partial charge in [0.2, 0.25) is 0 Å². The van der Waals surface area contributed by atoms with Crippen LogP contribution in [-0.2, 0) is 19.1 Å². The topological polar surface area (TPSA) is 101 Å². The molecule has 104 valence electrons. The van der Waals surface area contributed by atoms with Crippen LogP contribution in [0.3, 0.4) is 0 Å². The average Bonchev–Trinajstić information content (AvgIpc) is 2.25. The van der Waals surface area contributed by atoms with E-state index in [-0.39, 0.29) is 18.8 Å². The Balaban J connectivity index is 0.000000473. The standard InChI is InChI=1S/C9H16O4.C3H4O2/c10-8(11)6-4-2-1-3-5-7-9(12)13;4-3-1-2-5-3/h1-7H2,(H,10,11)(H,12,13);1-2H2. The van der Waals surface area contributed by atoms with Crippen molar-refractivity contribution in [1.82, 2.24) is 0 Å². The van der Waals surface area contributed by atoms with Gasteiger partial charge in [-0.1, -0.05) is 19.3 Å². The zero-order chi connectivity index (χ0) is 13.8. The summed E-state index contributed by atoms with van der Waals surface area (Å²) in [5.41, 5.74) is 0. The maximum absolute atomic E-state index is 10.1. The summed E-state index contributed by atoms with van der Waals surface area (Å²) >= 11 is 0. The molecule has 0 aromatic rings. The summed E-state index contributed by atoms with van der Waals surface area (Å²) in [6.07, 6.45) is 5.15. The van der Waals surface area contributed by atoms with Gasteiger partial charge in [0.1, 0.15) is 6.61 Å². The lowest BCUT2D eigenvalue weighted by molar-refractivity contribution is -0.157. The van der Waals surface area contributed by atoms with Crippen molar-refractivity contribution >= 4 is 17.9 Å². The van der Waals surface area contributed by atoms with E-state index in [1.54, 1.807) is 0 Å². The van der Waals surface area contributed by atoms with E-state index in [0.29, 0.717) is 25.9 Å². The number of cyclic esters (lactones) is 1. The summed E-state index contributed by atoms with van der Waals surface area (Å²) < 4.78 is 4.29. The molecular weight excluding hydrogens is 240 g/mol. The summed E-state index contributed by atoms with van der Waals surface area (Å²) in [6, 6.07) is 0. The second-order valence-electron chi connectivity index (χ2n) is 4.03. The van der Waals surface area contributed by atoms with Crippen LogP contribution in [0.5, 0.6) is 0 Å². The molecule has 0 unspecified atom stereocenters. The third kappa shape index (κ3) is 12.5. The van der Waals surface area contributed by atoms with E-state index in [2.05, 4.69) is 4.74 Å². The Kier molecular flexibility index (Phi) is 9.62. The average molecular weight is 260 g/mol. The Bertz CT molecular complexity index is 250. The van der Waals surface area contributed by atoms with Gasteiger partial charge in [0.15, 0.2) is 0 Å². The number of esters is 1. The monoisotopic (exact) mass is 260 g/mol. The van der Waals surface area contributed by atoms with E-state index in [9.17, 15) is 14.4 Å². The second kappa shape index (κ2) is 10.6. The van der Waals surface area contributed by atoms with Crippen LogP contribution in [0.15, 0.2) is 0 Å². The summed E-state index contributed by atoms with van der Waals surface area (Å²) in [6.45, 7) is 0.638. The predicted molar refractivity (Wildman–Crippen MR) is 63.2 cm³/mol. The first-order valence-corrected chi connectivity index (χ1v) is 6.11. The van der Waals surface area contributed by atoms with Crippen molar-refractivity contribution < 1.29 is 29.3 Å². The van der Waals surface area contributed by atoms with Crippen molar-refractivity contribution in [1.29, 1.82) is 0 Å². The molecule has 1 rings (SSSR count). The van der Waals surface area contributed by atoms with Gasteiger partial charge >= 0.3 is 17.9 Å². The minimum Gasteiger partial charge on any atom is -0.481 e. The third-order valence-corrected chi connectivity index (χ3v) is 2.35. The molecule has 18 heavy (non-hydrogen) atoms. The quantitative estimate of drug-likeness (QED) is 0.510. The number of carboxylic acid groups (broad SMARTS) is 2. The second-order valence-corrected chi connectivity index (χ2v) is 4.03. The largest absolute Gasteiger partial charge is 0.481 e. The highest BCUT2D eigenvalue weighted by Gasteiger charge is 2.10. The lowest BCUT2D eigenvalue weighted by atomic mass is 10.1. The Hall–Kier alpha value is -1.59. The number of carbonyl (C=O) groups is 3. The highest BCUT2D eigenvalue weighted by Crippen LogP contribution is 2.06. The molecule has 6 heteroatoms. The Morgan fingerprint density at radius 3 is 1.50 bits per heavy atom. The van der Waals surface area contributed by atoms with Gasteiger partial charge in [-0.2, -0.15) is 0 Å². The SMILES string of the molecule is O=C(O)CCCCCCCC(=O)O.O=C1CCO1. The van der Waals surface area contributed by atoms with Crippen molar-refractivity contribution in [3.8, 4) is 0 Å². The van der Waals surface area contributed by atoms with E-state index in [1.165, 1.54) is 0 Å². The fourth-order valence-corrected chi connectivity index (χ4v) is 1.27. The fourth-order valence-electron chi connectivity index (χ4n) is 1.27. The van der Waals surface area contributed by atoms with E-state index in [1.807, 2.05) is 0 Å². The Morgan fingerprint density at radius 2 is 1.28 bits per heavy atom. The van der Waals surface area contributed by atoms with E-state index >= 15 is 0 Å². The van der Waals surface area contributed by atoms with Gasteiger partial charge in [-0.15, -0.1) is 0 Å². The molecule has 1 saturated heterocycles. The predicted octanol–water partition coefficient (Wildman–Crippen LogP) is 1.82. The number of carbonyl (C=O) groups excluding carboxylic acids is 1. The van der Waals surface area contributed by atoms with Crippen molar-refractivity contribution in [3.63, 3.8) is 0 Å². The highest BCUT2D eigenvalue weighted by atomic mass is 16.6. The van der Waals surface area contributed by atoms with Crippen molar-refractivity contribution in [2.75, 3.05) is 6.61 Å². The van der Waals surface area contributed by atoms with Crippen molar-refractivity contribution in [2.45, 2.75) is 51.4 Å². The molecular formula is C12H20O6. The van der Waals surface area contributed by atoms with Crippen molar-refractivity contribution in [3.05, 3.63) is 0 Å². The molecule has 1 aliphatic heterocycles. The molecule has 0 atom stereocenters. The van der Waals surface area contributed by atoms with Gasteiger partial charge in [-0.25, -0.2) is 0 Å². The number of unbranched alkanes of at least 4 members (excludes halogenated alkanes) is 4. The van der Waals surface area contributed by atoms with Gasteiger partial charge in [-0.05, 0) is 12.8 Å². The Morgan fingerprint density at radius 1 is 0.944 bits per heavy atom. The first-order valence-electron chi connectivity index (χ1n) is 6.11. The van der Waals surface area contributed by atoms with Crippen LogP contribution < -0.4 is 0 Å². The zero-order valence-corrected chi connectivity index (χ0v) is 10.4. The molecule has 1 fully saturated rings. The molecule has 0 saturated carbocycles. The minimum atomic E-state index is -0.759. The van der Waals surface area contributed by atoms with Gasteiger partial charge in [0.05, 0.1) is 6.42 Å². The van der Waals surface area contributed by atoms with Crippen LogP contribution in [-0.4, -0.2) is 34.7 Å². The zero-order valence-electron chi connectivity index (χ0n) is 10.4. The highest BCUT2D eigenvalue weighted by molar-refractivity contribution is 5.73. The molecule has 0 amide bonds. The maximum Gasteiger partial charge on any atom is 0.309 e. The Labute approximate surface area is 106 Å². The lowest BCUT2D eigenvalue weighted by Crippen LogP contribution is -2.18. The van der Waals surface area contributed by atoms with Crippen LogP contribution in [0, 0.1) is 0 Å². The minimum absolute atomic E-state index is 0.0648. The van der Waals surface area contributed by atoms with Crippen LogP contribution in [0.1, 0.15) is 51.4 Å². The molecule has 1 heterocycles. The van der Waals surface area contributed by atoms with Crippen LogP contribution >= 0.6 is 0 Å². The molecule has 0 spiro atoms. The van der Waals surface area contributed by atoms with E-state index in [0.717, 1.165) is 19.3 Å². The first kappa shape index (κ1) is 16.4. The van der Waals surface area contributed by atoms with Crippen LogP contribution in [0.25, 0.3) is 0 Å². The number of hydrogen-bond donors (Lipinski definition) is 2. The lowest BCUT2D eigenvalue weighted by Gasteiger charge is -2.09. The molecule has 6 nitrogen and oxygen atoms in total. The fraction of sp³-hybridized carbons (Fsp3) is 0.750. The number of hydrogen-bond acceptors (Lipinski definition) is 4. The van der Waals surface area contributed by atoms with E-state index in [4.69, 9.17) is 10.2 Å². The van der Waals surface area contributed by atoms with Gasteiger partial charge < -0.3 is 14.9 Å². The smallest absolute Gasteiger partial charge is 0.309 e. The van der Waals surface area contributed by atoms with Gasteiger partial charge in [0.25, 0.3) is 0 Å². The van der Waals surface area contributed by atoms with Crippen LogP contribution in [0.2, 0.25) is 0 Å². The summed E-state index contributed by atoms with van der Waals surface area (Å²) in [5, 5.41) is 16.6. The number of carboxylic acids is 2. The number of ether oxygens (including phenoxy) is 1. The molecule has 2 N–H and O–H groups in total. The normalized spacial score (nSPS) is 12.8. The van der Waals surface area contributed by atoms with Gasteiger partial charge in [-0.3, -0.25) is 14.4 Å². The number of rotatable bonds is 8. The molecule has 0 aromatic heterocycles. The molecule has 0 aliphatic carbocycles. The van der Waals surface area contributed by atoms with Crippen molar-refractivity contribution in [2.24, 2.45) is 0 Å². The van der Waals surface area contributed by atoms with Crippen LogP contribution in [0.4, 0.5) is 0 Å². The van der Waals surface area contributed by atoms with Gasteiger partial charge in [0, 0.05) is 12.8 Å². The number of aliphatic carboxylic acids is 2. The summed E-state index contributed by atoms with van der Waals surface area (Å²) in [5.74, 6) is -1.58. The summed E-state index contributed by atoms with van der Waals surface area (Å²) in [7, 11) is 0. The maximum atomic E-state index is 10.1. The molecule has 0 bridgehead atoms. The molecule has 0 radical (unpaired) electrons.